The smallest absolute Gasteiger partial charge is 0.335 e. The second-order valence-corrected chi connectivity index (χ2v) is 6.43. The number of cyclic esters (lactones) is 1. The number of carbonyl (C=O) groups is 2. The number of benzene rings is 1. The van der Waals surface area contributed by atoms with Crippen molar-refractivity contribution in [3.63, 3.8) is 0 Å². The molecule has 2 heterocycles. The Hall–Kier alpha value is -2.38. The normalized spacial score (nSPS) is 29.6. The highest BCUT2D eigenvalue weighted by atomic mass is 16.8. The summed E-state index contributed by atoms with van der Waals surface area (Å²) in [6.45, 7) is 3.63. The van der Waals surface area contributed by atoms with Gasteiger partial charge in [-0.05, 0) is 37.6 Å². The molecule has 25 heavy (non-hydrogen) atoms. The van der Waals surface area contributed by atoms with E-state index in [2.05, 4.69) is 0 Å². The van der Waals surface area contributed by atoms with Crippen LogP contribution in [0.25, 0.3) is 6.08 Å². The van der Waals surface area contributed by atoms with E-state index in [1.165, 1.54) is 6.08 Å². The van der Waals surface area contributed by atoms with Crippen molar-refractivity contribution in [1.29, 1.82) is 0 Å². The molecule has 3 atom stereocenters. The Labute approximate surface area is 145 Å². The number of hydrogen-bond donors (Lipinski definition) is 1. The molecule has 0 unspecified atom stereocenters. The molecule has 0 spiro atoms. The standard InChI is InChI=1S/C18H20O7/c1-18(2)23-9-13(25-18)15-14(16(19)20)12(17(21)24-15)8-10-4-6-11(22-3)7-5-10/h4-8,13-15H,9H2,1-3H3,(H,19,20)/b12-8+/t13-,14-,15-/m1/s1. The van der Waals surface area contributed by atoms with Crippen LogP contribution in [0.5, 0.6) is 5.75 Å². The molecule has 0 amide bonds. The topological polar surface area (TPSA) is 91.3 Å². The van der Waals surface area contributed by atoms with Gasteiger partial charge in [0.2, 0.25) is 0 Å². The molecule has 7 heteroatoms. The lowest BCUT2D eigenvalue weighted by Gasteiger charge is -2.22. The highest BCUT2D eigenvalue weighted by molar-refractivity contribution is 6.02. The Bertz CT molecular complexity index is 705. The molecule has 0 radical (unpaired) electrons. The van der Waals surface area contributed by atoms with E-state index in [4.69, 9.17) is 18.9 Å². The van der Waals surface area contributed by atoms with E-state index < -0.39 is 35.9 Å². The number of rotatable bonds is 4. The lowest BCUT2D eigenvalue weighted by Crippen LogP contribution is -2.38. The molecule has 0 aliphatic carbocycles. The van der Waals surface area contributed by atoms with Gasteiger partial charge in [0, 0.05) is 0 Å². The number of esters is 1. The van der Waals surface area contributed by atoms with Crippen molar-refractivity contribution in [2.45, 2.75) is 31.8 Å². The van der Waals surface area contributed by atoms with E-state index in [1.807, 2.05) is 0 Å². The van der Waals surface area contributed by atoms with E-state index in [-0.39, 0.29) is 12.2 Å². The van der Waals surface area contributed by atoms with Crippen LogP contribution in [0.15, 0.2) is 29.8 Å². The van der Waals surface area contributed by atoms with Crippen molar-refractivity contribution in [3.05, 3.63) is 35.4 Å². The molecule has 1 aromatic rings. The van der Waals surface area contributed by atoms with E-state index in [0.717, 1.165) is 0 Å². The van der Waals surface area contributed by atoms with Gasteiger partial charge in [-0.15, -0.1) is 0 Å². The second-order valence-electron chi connectivity index (χ2n) is 6.43. The summed E-state index contributed by atoms with van der Waals surface area (Å²) >= 11 is 0. The van der Waals surface area contributed by atoms with Crippen molar-refractivity contribution in [2.24, 2.45) is 5.92 Å². The zero-order valence-electron chi connectivity index (χ0n) is 14.2. The van der Waals surface area contributed by atoms with Crippen LogP contribution in [0.4, 0.5) is 0 Å². The molecule has 2 fully saturated rings. The van der Waals surface area contributed by atoms with Gasteiger partial charge in [-0.25, -0.2) is 4.79 Å². The van der Waals surface area contributed by atoms with Crippen molar-refractivity contribution in [2.75, 3.05) is 13.7 Å². The maximum atomic E-state index is 12.3. The average Bonchev–Trinajstić information content (AvgIpc) is 3.08. The van der Waals surface area contributed by atoms with Gasteiger partial charge in [0.25, 0.3) is 0 Å². The summed E-state index contributed by atoms with van der Waals surface area (Å²) in [6, 6.07) is 6.94. The first-order valence-electron chi connectivity index (χ1n) is 7.92. The van der Waals surface area contributed by atoms with Crippen molar-refractivity contribution in [3.8, 4) is 5.75 Å². The van der Waals surface area contributed by atoms with E-state index in [1.54, 1.807) is 45.2 Å². The fourth-order valence-electron chi connectivity index (χ4n) is 3.03. The Morgan fingerprint density at radius 3 is 2.52 bits per heavy atom. The predicted molar refractivity (Wildman–Crippen MR) is 86.9 cm³/mol. The monoisotopic (exact) mass is 348 g/mol. The van der Waals surface area contributed by atoms with Crippen LogP contribution in [0.1, 0.15) is 19.4 Å². The van der Waals surface area contributed by atoms with Crippen molar-refractivity contribution >= 4 is 18.0 Å². The summed E-state index contributed by atoms with van der Waals surface area (Å²) in [7, 11) is 1.55. The third-order valence-corrected chi connectivity index (χ3v) is 4.24. The summed E-state index contributed by atoms with van der Waals surface area (Å²) in [5.74, 6) is -3.06. The first kappa shape index (κ1) is 17.4. The van der Waals surface area contributed by atoms with Crippen LogP contribution in [-0.4, -0.2) is 48.8 Å². The molecular weight excluding hydrogens is 328 g/mol. The minimum absolute atomic E-state index is 0.0935. The maximum absolute atomic E-state index is 12.3. The molecule has 1 aromatic carbocycles. The summed E-state index contributed by atoms with van der Waals surface area (Å²) in [4.78, 5) is 24.1. The van der Waals surface area contributed by atoms with E-state index in [0.29, 0.717) is 11.3 Å². The van der Waals surface area contributed by atoms with Gasteiger partial charge in [0.15, 0.2) is 5.79 Å². The van der Waals surface area contributed by atoms with Crippen LogP contribution in [0, 0.1) is 5.92 Å². The molecule has 0 bridgehead atoms. The third kappa shape index (κ3) is 3.52. The number of ether oxygens (including phenoxy) is 4. The van der Waals surface area contributed by atoms with E-state index >= 15 is 0 Å². The minimum Gasteiger partial charge on any atom is -0.497 e. The summed E-state index contributed by atoms with van der Waals surface area (Å²) in [5, 5.41) is 9.63. The molecule has 2 saturated heterocycles. The van der Waals surface area contributed by atoms with Crippen LogP contribution in [0.3, 0.4) is 0 Å². The molecule has 1 N–H and O–H groups in total. The van der Waals surface area contributed by atoms with Gasteiger partial charge in [-0.1, -0.05) is 12.1 Å². The first-order valence-corrected chi connectivity index (χ1v) is 7.92. The number of methoxy groups -OCH3 is 1. The lowest BCUT2D eigenvalue weighted by atomic mass is 9.91. The fraction of sp³-hybridized carbons (Fsp3) is 0.444. The van der Waals surface area contributed by atoms with Crippen LogP contribution < -0.4 is 4.74 Å². The molecule has 134 valence electrons. The van der Waals surface area contributed by atoms with Gasteiger partial charge in [-0.2, -0.15) is 0 Å². The number of carboxylic acid groups (broad SMARTS) is 1. The Morgan fingerprint density at radius 2 is 2.00 bits per heavy atom. The Kier molecular flexibility index (Phi) is 4.53. The van der Waals surface area contributed by atoms with Crippen LogP contribution in [-0.2, 0) is 23.8 Å². The zero-order valence-corrected chi connectivity index (χ0v) is 14.2. The predicted octanol–water partition coefficient (Wildman–Crippen LogP) is 1.86. The highest BCUT2D eigenvalue weighted by Crippen LogP contribution is 2.37. The largest absolute Gasteiger partial charge is 0.497 e. The molecular formula is C18H20O7. The average molecular weight is 348 g/mol. The summed E-state index contributed by atoms with van der Waals surface area (Å²) in [5.41, 5.74) is 0.777. The van der Waals surface area contributed by atoms with Crippen molar-refractivity contribution in [1.82, 2.24) is 0 Å². The van der Waals surface area contributed by atoms with Crippen LogP contribution >= 0.6 is 0 Å². The quantitative estimate of drug-likeness (QED) is 0.656. The van der Waals surface area contributed by atoms with E-state index in [9.17, 15) is 14.7 Å². The molecule has 0 saturated carbocycles. The second kappa shape index (κ2) is 6.50. The number of hydrogen-bond acceptors (Lipinski definition) is 6. The molecule has 7 nitrogen and oxygen atoms in total. The molecule has 2 aliphatic heterocycles. The number of aliphatic carboxylic acids is 1. The SMILES string of the molecule is COc1ccc(/C=C2/C(=O)O[C@H]([C@H]3COC(C)(C)O3)[C@@H]2C(=O)O)cc1. The summed E-state index contributed by atoms with van der Waals surface area (Å²) in [6.07, 6.45) is -0.0142. The van der Waals surface area contributed by atoms with Gasteiger partial charge in [0.1, 0.15) is 23.9 Å². The van der Waals surface area contributed by atoms with Gasteiger partial charge >= 0.3 is 11.9 Å². The highest BCUT2D eigenvalue weighted by Gasteiger charge is 2.52. The van der Waals surface area contributed by atoms with Gasteiger partial charge < -0.3 is 24.1 Å². The third-order valence-electron chi connectivity index (χ3n) is 4.24. The molecule has 2 aliphatic rings. The molecule has 3 rings (SSSR count). The summed E-state index contributed by atoms with van der Waals surface area (Å²) < 4.78 is 21.6. The fourth-order valence-corrected chi connectivity index (χ4v) is 3.03. The lowest BCUT2D eigenvalue weighted by molar-refractivity contribution is -0.167. The maximum Gasteiger partial charge on any atom is 0.335 e. The van der Waals surface area contributed by atoms with Gasteiger partial charge in [0.05, 0.1) is 19.3 Å². The number of carbonyl (C=O) groups excluding carboxylic acids is 1. The Morgan fingerprint density at radius 1 is 1.32 bits per heavy atom. The molecule has 0 aromatic heterocycles. The Balaban J connectivity index is 1.89. The first-order chi connectivity index (χ1) is 11.8. The van der Waals surface area contributed by atoms with Crippen LogP contribution in [0.2, 0.25) is 0 Å². The zero-order chi connectivity index (χ0) is 18.2. The van der Waals surface area contributed by atoms with Gasteiger partial charge in [-0.3, -0.25) is 4.79 Å². The number of carboxylic acids is 1. The van der Waals surface area contributed by atoms with Crippen molar-refractivity contribution < 1.29 is 33.6 Å². The minimum atomic E-state index is -1.14.